The molecule has 0 amide bonds. The SMILES string of the molecule is CO/N=C/[C@H](OC(=O)c1ccc(C)cc1)[C@@H](OC(=O)c1ccc(C)cc1)[C@H](COC(=O)c1ccc(C)cc1)OS(C)(=O)=O.Cc1ccc(C(=O)OC[C@H](OS(C)(=O)=O)[C@H](OC(=O)c2ccc(C)cc2)[C@H](C=O)OC(=O)c2ccc(C)cc2)cc1. The van der Waals surface area contributed by atoms with Crippen molar-refractivity contribution in [1.82, 2.24) is 0 Å². The van der Waals surface area contributed by atoms with E-state index in [0.717, 1.165) is 52.1 Å². The van der Waals surface area contributed by atoms with Gasteiger partial charge in [0.05, 0.1) is 52.1 Å². The number of rotatable bonds is 25. The third-order valence-corrected chi connectivity index (χ3v) is 13.1. The Morgan fingerprint density at radius 3 is 0.881 bits per heavy atom. The molecule has 23 heteroatoms. The van der Waals surface area contributed by atoms with Crippen molar-refractivity contribution >= 4 is 68.6 Å². The van der Waals surface area contributed by atoms with Gasteiger partial charge in [-0.2, -0.15) is 16.8 Å². The van der Waals surface area contributed by atoms with Crippen molar-refractivity contribution < 1.29 is 92.0 Å². The predicted octanol–water partition coefficient (Wildman–Crippen LogP) is 7.96. The van der Waals surface area contributed by atoms with E-state index in [1.165, 1.54) is 79.9 Å². The van der Waals surface area contributed by atoms with Gasteiger partial charge in [-0.25, -0.2) is 28.8 Å². The Morgan fingerprint density at radius 1 is 0.393 bits per heavy atom. The first-order valence-electron chi connectivity index (χ1n) is 25.6. The van der Waals surface area contributed by atoms with Crippen LogP contribution in [0.2, 0.25) is 0 Å². The molecular weight excluding hydrogens is 1130 g/mol. The van der Waals surface area contributed by atoms with Gasteiger partial charge in [-0.3, -0.25) is 13.2 Å². The summed E-state index contributed by atoms with van der Waals surface area (Å²) in [6.45, 7) is 9.50. The lowest BCUT2D eigenvalue weighted by Gasteiger charge is -2.30. The van der Waals surface area contributed by atoms with Crippen molar-refractivity contribution in [3.05, 3.63) is 212 Å². The van der Waals surface area contributed by atoms with Crippen LogP contribution in [0.1, 0.15) is 95.5 Å². The quantitative estimate of drug-likeness (QED) is 0.0131. The first-order chi connectivity index (χ1) is 39.7. The van der Waals surface area contributed by atoms with Gasteiger partial charge in [0.2, 0.25) is 0 Å². The molecule has 6 aromatic rings. The average molecular weight is 1190 g/mol. The Morgan fingerprint density at radius 2 is 0.631 bits per heavy atom. The van der Waals surface area contributed by atoms with Gasteiger partial charge >= 0.3 is 35.8 Å². The highest BCUT2D eigenvalue weighted by molar-refractivity contribution is 7.86. The maximum atomic E-state index is 13.2. The molecule has 0 aliphatic rings. The second-order valence-corrected chi connectivity index (χ2v) is 22.3. The lowest BCUT2D eigenvalue weighted by atomic mass is 10.1. The van der Waals surface area contributed by atoms with E-state index in [4.69, 9.17) is 41.6 Å². The van der Waals surface area contributed by atoms with E-state index in [2.05, 4.69) is 5.16 Å². The van der Waals surface area contributed by atoms with E-state index < -0.39 is 106 Å². The standard InChI is InChI=1S/C31H33NO10S.C30H30O10S/c1-20-6-12-23(13-7-20)29(33)39-19-27(42-43(5,36)37)28(41-31(35)25-16-10-22(3)11-17-25)26(18-32-38-4)40-30(34)24-14-8-21(2)9-15-24;1-19-5-11-22(12-6-19)28(32)37-18-26(40-41(4,35)36)27(39-30(34)24-15-9-21(3)10-16-24)25(17-31)38-29(33)23-13-7-20(2)8-14-23/h6-18,26-28H,19H2,1-5H3;5-17,25-27H,18H2,1-4H3/b32-18+;/t26-,27-,28+;25-,26-,27+/m00/s1. The van der Waals surface area contributed by atoms with Gasteiger partial charge in [0.15, 0.2) is 42.9 Å². The van der Waals surface area contributed by atoms with Crippen LogP contribution in [0.4, 0.5) is 0 Å². The highest BCUT2D eigenvalue weighted by Crippen LogP contribution is 2.23. The van der Waals surface area contributed by atoms with E-state index >= 15 is 0 Å². The van der Waals surface area contributed by atoms with E-state index in [1.54, 1.807) is 72.8 Å². The van der Waals surface area contributed by atoms with E-state index in [0.29, 0.717) is 0 Å². The number of oxime groups is 1. The van der Waals surface area contributed by atoms with Crippen LogP contribution in [0.15, 0.2) is 151 Å². The van der Waals surface area contributed by atoms with E-state index in [9.17, 15) is 50.4 Å². The number of aldehydes is 1. The Bertz CT molecular complexity index is 3480. The topological polar surface area (TPSA) is 283 Å². The number of esters is 6. The third kappa shape index (κ3) is 21.5. The largest absolute Gasteiger partial charge is 0.459 e. The number of nitrogens with zero attached hydrogens (tertiary/aromatic N) is 1. The van der Waals surface area contributed by atoms with Crippen molar-refractivity contribution in [3.63, 3.8) is 0 Å². The molecule has 0 aliphatic carbocycles. The van der Waals surface area contributed by atoms with Crippen LogP contribution in [0.5, 0.6) is 0 Å². The molecule has 0 aromatic heterocycles. The van der Waals surface area contributed by atoms with Gasteiger partial charge in [-0.1, -0.05) is 111 Å². The van der Waals surface area contributed by atoms with E-state index in [1.807, 2.05) is 41.5 Å². The summed E-state index contributed by atoms with van der Waals surface area (Å²) >= 11 is 0. The average Bonchev–Trinajstić information content (AvgIpc) is 3.65. The molecule has 0 radical (unpaired) electrons. The lowest BCUT2D eigenvalue weighted by Crippen LogP contribution is -2.48. The second kappa shape index (κ2) is 31.0. The Labute approximate surface area is 487 Å². The monoisotopic (exact) mass is 1190 g/mol. The molecule has 21 nitrogen and oxygen atoms in total. The highest BCUT2D eigenvalue weighted by atomic mass is 32.2. The Hall–Kier alpha value is -8.90. The summed E-state index contributed by atoms with van der Waals surface area (Å²) in [5.74, 6) is -5.23. The molecule has 6 aromatic carbocycles. The maximum absolute atomic E-state index is 13.2. The molecule has 6 rings (SSSR count). The normalized spacial score (nSPS) is 13.4. The van der Waals surface area contributed by atoms with Crippen molar-refractivity contribution in [3.8, 4) is 0 Å². The number of ether oxygens (including phenoxy) is 6. The molecule has 0 aliphatic heterocycles. The summed E-state index contributed by atoms with van der Waals surface area (Å²) in [7, 11) is -7.26. The number of carbonyl (C=O) groups is 7. The fraction of sp³-hybridized carbons (Fsp3) is 0.279. The van der Waals surface area contributed by atoms with Gasteiger partial charge in [0, 0.05) is 0 Å². The minimum absolute atomic E-state index is 0.0739. The summed E-state index contributed by atoms with van der Waals surface area (Å²) in [5, 5.41) is 3.67. The van der Waals surface area contributed by atoms with Gasteiger partial charge in [-0.15, -0.1) is 0 Å². The maximum Gasteiger partial charge on any atom is 0.338 e. The molecule has 0 N–H and O–H groups in total. The van der Waals surface area contributed by atoms with Gasteiger partial charge < -0.3 is 33.3 Å². The molecule has 0 spiro atoms. The molecule has 0 bridgehead atoms. The number of hydrogen-bond acceptors (Lipinski definition) is 21. The van der Waals surface area contributed by atoms with Crippen LogP contribution in [0, 0.1) is 41.5 Å². The minimum atomic E-state index is -4.26. The zero-order chi connectivity index (χ0) is 61.7. The molecule has 0 unspecified atom stereocenters. The summed E-state index contributed by atoms with van der Waals surface area (Å²) in [4.78, 5) is 94.7. The molecule has 0 saturated carbocycles. The number of hydrogen-bond donors (Lipinski definition) is 0. The zero-order valence-corrected chi connectivity index (χ0v) is 49.0. The molecular formula is C61H63NO20S2. The summed E-state index contributed by atoms with van der Waals surface area (Å²) in [6.07, 6.45) is -7.60. The van der Waals surface area contributed by atoms with Crippen LogP contribution in [-0.2, 0) is 66.7 Å². The number of benzene rings is 6. The van der Waals surface area contributed by atoms with Crippen molar-refractivity contribution in [2.24, 2.45) is 5.16 Å². The van der Waals surface area contributed by atoms with Crippen LogP contribution in [0.3, 0.4) is 0 Å². The summed E-state index contributed by atoms with van der Waals surface area (Å²) in [5.41, 5.74) is 6.13. The molecule has 0 heterocycles. The second-order valence-electron chi connectivity index (χ2n) is 19.1. The van der Waals surface area contributed by atoms with E-state index in [-0.39, 0.29) is 39.7 Å². The first-order valence-corrected chi connectivity index (χ1v) is 29.2. The Kier molecular flexibility index (Phi) is 24.3. The Balaban J connectivity index is 0.000000308. The zero-order valence-electron chi connectivity index (χ0n) is 47.3. The lowest BCUT2D eigenvalue weighted by molar-refractivity contribution is -0.128. The van der Waals surface area contributed by atoms with Crippen LogP contribution in [-0.4, -0.2) is 135 Å². The van der Waals surface area contributed by atoms with Gasteiger partial charge in [-0.05, 0) is 114 Å². The molecule has 444 valence electrons. The summed E-state index contributed by atoms with van der Waals surface area (Å²) in [6, 6.07) is 38.2. The van der Waals surface area contributed by atoms with Crippen molar-refractivity contribution in [1.29, 1.82) is 0 Å². The minimum Gasteiger partial charge on any atom is -0.459 e. The van der Waals surface area contributed by atoms with Crippen LogP contribution in [0.25, 0.3) is 0 Å². The van der Waals surface area contributed by atoms with Crippen molar-refractivity contribution in [2.75, 3.05) is 32.8 Å². The fourth-order valence-corrected chi connectivity index (χ4v) is 8.60. The van der Waals surface area contributed by atoms with Crippen molar-refractivity contribution in [2.45, 2.75) is 78.2 Å². The number of aryl methyl sites for hydroxylation is 6. The molecule has 0 saturated heterocycles. The first kappa shape index (κ1) is 65.9. The molecule has 84 heavy (non-hydrogen) atoms. The molecule has 6 atom stereocenters. The number of carbonyl (C=O) groups excluding carboxylic acids is 7. The van der Waals surface area contributed by atoms with Crippen LogP contribution < -0.4 is 0 Å². The summed E-state index contributed by atoms with van der Waals surface area (Å²) < 4.78 is 92.3. The smallest absolute Gasteiger partial charge is 0.338 e. The van der Waals surface area contributed by atoms with Gasteiger partial charge in [0.25, 0.3) is 20.2 Å². The third-order valence-electron chi connectivity index (χ3n) is 11.9. The molecule has 0 fully saturated rings. The van der Waals surface area contributed by atoms with Gasteiger partial charge in [0.1, 0.15) is 20.3 Å². The van der Waals surface area contributed by atoms with Crippen LogP contribution >= 0.6 is 0 Å². The fourth-order valence-electron chi connectivity index (χ4n) is 7.37. The predicted molar refractivity (Wildman–Crippen MR) is 305 cm³/mol. The highest BCUT2D eigenvalue weighted by Gasteiger charge is 2.41.